The highest BCUT2D eigenvalue weighted by Gasteiger charge is 2.50. The van der Waals surface area contributed by atoms with Crippen molar-refractivity contribution in [3.8, 4) is 22.6 Å². The number of halogens is 3. The number of rotatable bonds is 4. The SMILES string of the molecule is O=C1NCc2c1cc(O[C@@H]1CCN(C(=O)C3CC(F)(F)C3)C1)cc2-c1cc(O)cc(F)c1. The molecule has 1 saturated heterocycles. The normalized spacial score (nSPS) is 21.8. The van der Waals surface area contributed by atoms with Crippen LogP contribution in [0.25, 0.3) is 11.1 Å². The van der Waals surface area contributed by atoms with E-state index in [9.17, 15) is 27.9 Å². The van der Waals surface area contributed by atoms with Crippen LogP contribution < -0.4 is 10.1 Å². The van der Waals surface area contributed by atoms with Gasteiger partial charge >= 0.3 is 0 Å². The minimum Gasteiger partial charge on any atom is -0.508 e. The molecule has 0 spiro atoms. The van der Waals surface area contributed by atoms with E-state index in [2.05, 4.69) is 5.32 Å². The van der Waals surface area contributed by atoms with Gasteiger partial charge in [0, 0.05) is 49.9 Å². The van der Waals surface area contributed by atoms with Gasteiger partial charge in [-0.05, 0) is 41.0 Å². The monoisotopic (exact) mass is 446 g/mol. The van der Waals surface area contributed by atoms with Gasteiger partial charge in [-0.2, -0.15) is 0 Å². The fourth-order valence-corrected chi connectivity index (χ4v) is 4.67. The predicted octanol–water partition coefficient (Wildman–Crippen LogP) is 3.47. The molecule has 2 amide bonds. The van der Waals surface area contributed by atoms with E-state index >= 15 is 0 Å². The Morgan fingerprint density at radius 1 is 1.16 bits per heavy atom. The number of nitrogens with one attached hydrogen (secondary N) is 1. The largest absolute Gasteiger partial charge is 0.508 e. The molecule has 2 N–H and O–H groups in total. The van der Waals surface area contributed by atoms with Crippen LogP contribution in [-0.2, 0) is 11.3 Å². The Hall–Kier alpha value is -3.23. The van der Waals surface area contributed by atoms with Gasteiger partial charge in [0.15, 0.2) is 0 Å². The highest BCUT2D eigenvalue weighted by atomic mass is 19.3. The summed E-state index contributed by atoms with van der Waals surface area (Å²) in [6.07, 6.45) is -0.625. The van der Waals surface area contributed by atoms with Gasteiger partial charge < -0.3 is 20.1 Å². The molecule has 2 aromatic rings. The summed E-state index contributed by atoms with van der Waals surface area (Å²) in [6, 6.07) is 6.97. The molecule has 1 aliphatic carbocycles. The number of fused-ring (bicyclic) bond motifs is 1. The second-order valence-corrected chi connectivity index (χ2v) is 8.65. The maximum absolute atomic E-state index is 13.9. The van der Waals surface area contributed by atoms with Crippen molar-refractivity contribution in [1.82, 2.24) is 10.2 Å². The van der Waals surface area contributed by atoms with E-state index in [0.717, 1.165) is 6.07 Å². The zero-order chi connectivity index (χ0) is 22.6. The molecule has 0 radical (unpaired) electrons. The first kappa shape index (κ1) is 20.7. The molecular weight excluding hydrogens is 425 g/mol. The fraction of sp³-hybridized carbons (Fsp3) is 0.391. The molecule has 2 aliphatic heterocycles. The van der Waals surface area contributed by atoms with E-state index in [0.29, 0.717) is 41.0 Å². The van der Waals surface area contributed by atoms with Gasteiger partial charge in [-0.1, -0.05) is 0 Å². The third-order valence-electron chi connectivity index (χ3n) is 6.29. The minimum atomic E-state index is -2.75. The van der Waals surface area contributed by atoms with E-state index in [1.54, 1.807) is 17.0 Å². The van der Waals surface area contributed by atoms with Gasteiger partial charge in [0.2, 0.25) is 11.8 Å². The summed E-state index contributed by atoms with van der Waals surface area (Å²) >= 11 is 0. The van der Waals surface area contributed by atoms with Gasteiger partial charge in [-0.3, -0.25) is 9.59 Å². The molecule has 3 aliphatic rings. The zero-order valence-corrected chi connectivity index (χ0v) is 17.0. The summed E-state index contributed by atoms with van der Waals surface area (Å²) in [5.41, 5.74) is 2.06. The molecule has 9 heteroatoms. The maximum atomic E-state index is 13.9. The van der Waals surface area contributed by atoms with Gasteiger partial charge in [0.25, 0.3) is 5.91 Å². The quantitative estimate of drug-likeness (QED) is 0.754. The Balaban J connectivity index is 1.36. The molecule has 6 nitrogen and oxygen atoms in total. The zero-order valence-electron chi connectivity index (χ0n) is 17.0. The first-order chi connectivity index (χ1) is 15.2. The molecule has 2 aromatic carbocycles. The lowest BCUT2D eigenvalue weighted by atomic mass is 9.80. The summed E-state index contributed by atoms with van der Waals surface area (Å²) in [7, 11) is 0. The number of benzene rings is 2. The number of nitrogens with zero attached hydrogens (tertiary/aromatic N) is 1. The molecule has 0 unspecified atom stereocenters. The van der Waals surface area contributed by atoms with Crippen molar-refractivity contribution in [3.63, 3.8) is 0 Å². The molecule has 1 atom stereocenters. The number of hydrogen-bond donors (Lipinski definition) is 2. The van der Waals surface area contributed by atoms with Crippen LogP contribution in [0.3, 0.4) is 0 Å². The number of carbonyl (C=O) groups is 2. The van der Waals surface area contributed by atoms with Crippen LogP contribution in [0, 0.1) is 11.7 Å². The van der Waals surface area contributed by atoms with Crippen LogP contribution in [0.5, 0.6) is 11.5 Å². The minimum absolute atomic E-state index is 0.233. The molecule has 2 heterocycles. The van der Waals surface area contributed by atoms with E-state index in [4.69, 9.17) is 4.74 Å². The van der Waals surface area contributed by atoms with Crippen molar-refractivity contribution in [2.75, 3.05) is 13.1 Å². The summed E-state index contributed by atoms with van der Waals surface area (Å²) in [6.45, 7) is 0.973. The lowest BCUT2D eigenvalue weighted by Gasteiger charge is -2.36. The van der Waals surface area contributed by atoms with Crippen molar-refractivity contribution >= 4 is 11.8 Å². The number of phenols is 1. The number of carbonyl (C=O) groups excluding carboxylic acids is 2. The van der Waals surface area contributed by atoms with Gasteiger partial charge in [-0.25, -0.2) is 13.2 Å². The first-order valence-corrected chi connectivity index (χ1v) is 10.5. The lowest BCUT2D eigenvalue weighted by Crippen LogP contribution is -2.46. The van der Waals surface area contributed by atoms with Crippen molar-refractivity contribution in [3.05, 3.63) is 47.3 Å². The summed E-state index contributed by atoms with van der Waals surface area (Å²) in [4.78, 5) is 26.3. The van der Waals surface area contributed by atoms with Crippen LogP contribution in [0.15, 0.2) is 30.3 Å². The van der Waals surface area contributed by atoms with Crippen LogP contribution >= 0.6 is 0 Å². The van der Waals surface area contributed by atoms with E-state index in [1.165, 1.54) is 12.1 Å². The molecule has 1 saturated carbocycles. The van der Waals surface area contributed by atoms with Crippen molar-refractivity contribution in [1.29, 1.82) is 0 Å². The number of alkyl halides is 2. The van der Waals surface area contributed by atoms with E-state index < -0.39 is 30.5 Å². The highest BCUT2D eigenvalue weighted by molar-refractivity contribution is 6.01. The van der Waals surface area contributed by atoms with Crippen LogP contribution in [-0.4, -0.2) is 46.9 Å². The second-order valence-electron chi connectivity index (χ2n) is 8.65. The molecule has 0 aromatic heterocycles. The van der Waals surface area contributed by atoms with Crippen molar-refractivity contribution in [2.24, 2.45) is 5.92 Å². The van der Waals surface area contributed by atoms with Gasteiger partial charge in [-0.15, -0.1) is 0 Å². The van der Waals surface area contributed by atoms with E-state index in [1.807, 2.05) is 0 Å². The topological polar surface area (TPSA) is 78.9 Å². The number of amides is 2. The average molecular weight is 446 g/mol. The Bertz CT molecular complexity index is 1090. The average Bonchev–Trinajstić information content (AvgIpc) is 3.31. The molecular formula is C23H21F3N2O4. The molecule has 32 heavy (non-hydrogen) atoms. The smallest absolute Gasteiger partial charge is 0.252 e. The Kier molecular flexibility index (Phi) is 4.79. The summed E-state index contributed by atoms with van der Waals surface area (Å²) in [5.74, 6) is -4.39. The first-order valence-electron chi connectivity index (χ1n) is 10.5. The van der Waals surface area contributed by atoms with Gasteiger partial charge in [0.1, 0.15) is 23.4 Å². The Morgan fingerprint density at radius 3 is 2.62 bits per heavy atom. The number of ether oxygens (including phenoxy) is 1. The summed E-state index contributed by atoms with van der Waals surface area (Å²) < 4.78 is 46.1. The standard InChI is InChI=1S/C23H21F3N2O4/c24-14-3-12(4-15(29)5-14)18-6-17(7-19-20(18)10-27-21(19)30)32-16-1-2-28(11-16)22(31)13-8-23(25,26)9-13/h3-7,13,16,29H,1-2,8-11H2,(H,27,30)/t16-/m1/s1. The van der Waals surface area contributed by atoms with Crippen molar-refractivity contribution in [2.45, 2.75) is 37.8 Å². The number of hydrogen-bond acceptors (Lipinski definition) is 4. The third-order valence-corrected chi connectivity index (χ3v) is 6.29. The number of phenolic OH excluding ortho intramolecular Hbond substituents is 1. The molecule has 5 rings (SSSR count). The lowest BCUT2D eigenvalue weighted by molar-refractivity contribution is -0.159. The number of likely N-dealkylation sites (tertiary alicyclic amines) is 1. The second kappa shape index (κ2) is 7.43. The van der Waals surface area contributed by atoms with Crippen LogP contribution in [0.1, 0.15) is 35.2 Å². The summed E-state index contributed by atoms with van der Waals surface area (Å²) in [5, 5.41) is 12.5. The van der Waals surface area contributed by atoms with Crippen molar-refractivity contribution < 1.29 is 32.6 Å². The van der Waals surface area contributed by atoms with E-state index in [-0.39, 0.29) is 36.8 Å². The Labute approximate surface area is 182 Å². The third kappa shape index (κ3) is 3.76. The van der Waals surface area contributed by atoms with Crippen LogP contribution in [0.4, 0.5) is 13.2 Å². The maximum Gasteiger partial charge on any atom is 0.252 e. The predicted molar refractivity (Wildman–Crippen MR) is 108 cm³/mol. The fourth-order valence-electron chi connectivity index (χ4n) is 4.67. The number of aromatic hydroxyl groups is 1. The highest BCUT2D eigenvalue weighted by Crippen LogP contribution is 2.43. The molecule has 0 bridgehead atoms. The molecule has 168 valence electrons. The van der Waals surface area contributed by atoms with Crippen LogP contribution in [0.2, 0.25) is 0 Å². The Morgan fingerprint density at radius 2 is 1.91 bits per heavy atom. The molecule has 2 fully saturated rings. The van der Waals surface area contributed by atoms with Gasteiger partial charge in [0.05, 0.1) is 6.54 Å².